The first-order valence-corrected chi connectivity index (χ1v) is 7.83. The maximum Gasteiger partial charge on any atom is 0.254 e. The molecule has 2 aromatic carbocycles. The lowest BCUT2D eigenvalue weighted by atomic mass is 10.0. The molecule has 1 heterocycles. The smallest absolute Gasteiger partial charge is 0.254 e. The van der Waals surface area contributed by atoms with Gasteiger partial charge in [0, 0.05) is 18.7 Å². The van der Waals surface area contributed by atoms with Crippen molar-refractivity contribution in [1.29, 1.82) is 0 Å². The van der Waals surface area contributed by atoms with Gasteiger partial charge in [0.2, 0.25) is 0 Å². The van der Waals surface area contributed by atoms with E-state index >= 15 is 0 Å². The molecule has 23 heavy (non-hydrogen) atoms. The predicted molar refractivity (Wildman–Crippen MR) is 87.7 cm³/mol. The van der Waals surface area contributed by atoms with E-state index in [2.05, 4.69) is 0 Å². The van der Waals surface area contributed by atoms with Gasteiger partial charge in [-0.25, -0.2) is 4.39 Å². The van der Waals surface area contributed by atoms with E-state index in [0.717, 1.165) is 11.1 Å². The molecule has 0 aliphatic carbocycles. The number of carbonyl (C=O) groups is 1. The summed E-state index contributed by atoms with van der Waals surface area (Å²) >= 11 is 0. The molecule has 2 aromatic rings. The molecule has 4 heteroatoms. The average molecular weight is 313 g/mol. The summed E-state index contributed by atoms with van der Waals surface area (Å²) in [6.45, 7) is 5.16. The quantitative estimate of drug-likeness (QED) is 0.845. The summed E-state index contributed by atoms with van der Waals surface area (Å²) in [6.07, 6.45) is 0.0889. The van der Waals surface area contributed by atoms with Crippen molar-refractivity contribution in [2.75, 3.05) is 13.1 Å². The first-order chi connectivity index (χ1) is 11.0. The lowest BCUT2D eigenvalue weighted by molar-refractivity contribution is -0.0586. The van der Waals surface area contributed by atoms with E-state index in [9.17, 15) is 9.18 Å². The molecular formula is C19H20FNO2. The Morgan fingerprint density at radius 2 is 1.70 bits per heavy atom. The molecule has 0 aromatic heterocycles. The van der Waals surface area contributed by atoms with E-state index < -0.39 is 0 Å². The summed E-state index contributed by atoms with van der Waals surface area (Å²) in [5.41, 5.74) is 2.45. The highest BCUT2D eigenvalue weighted by molar-refractivity contribution is 5.95. The maximum atomic E-state index is 13.1. The van der Waals surface area contributed by atoms with E-state index in [4.69, 9.17) is 4.74 Å². The molecule has 0 saturated carbocycles. The van der Waals surface area contributed by atoms with Gasteiger partial charge < -0.3 is 9.64 Å². The monoisotopic (exact) mass is 313 g/mol. The third kappa shape index (κ3) is 3.59. The number of halogens is 1. The zero-order valence-electron chi connectivity index (χ0n) is 13.3. The minimum absolute atomic E-state index is 0.0101. The van der Waals surface area contributed by atoms with Crippen molar-refractivity contribution in [1.82, 2.24) is 4.90 Å². The largest absolute Gasteiger partial charge is 0.372 e. The van der Waals surface area contributed by atoms with Crippen molar-refractivity contribution in [3.8, 4) is 11.1 Å². The predicted octanol–water partition coefficient (Wildman–Crippen LogP) is 3.74. The Balaban J connectivity index is 1.84. The lowest BCUT2D eigenvalue weighted by Gasteiger charge is -2.35. The first kappa shape index (κ1) is 15.7. The van der Waals surface area contributed by atoms with Gasteiger partial charge in [-0.2, -0.15) is 0 Å². The normalized spacial score (nSPS) is 21.3. The summed E-state index contributed by atoms with van der Waals surface area (Å²) in [5.74, 6) is -0.256. The maximum absolute atomic E-state index is 13.1. The van der Waals surface area contributed by atoms with Crippen LogP contribution in [0.2, 0.25) is 0 Å². The molecule has 2 atom stereocenters. The lowest BCUT2D eigenvalue weighted by Crippen LogP contribution is -2.48. The SMILES string of the molecule is C[C@@H]1CN(C(=O)c2cccc(-c3ccc(F)cc3)c2)C[C@@H](C)O1. The minimum atomic E-state index is -0.266. The van der Waals surface area contributed by atoms with Crippen molar-refractivity contribution in [3.63, 3.8) is 0 Å². The third-order valence-electron chi connectivity index (χ3n) is 3.99. The number of nitrogens with zero attached hydrogens (tertiary/aromatic N) is 1. The van der Waals surface area contributed by atoms with Crippen molar-refractivity contribution in [2.45, 2.75) is 26.1 Å². The summed E-state index contributed by atoms with van der Waals surface area (Å²) in [6, 6.07) is 13.8. The number of ether oxygens (including phenoxy) is 1. The molecule has 3 nitrogen and oxygen atoms in total. The number of carbonyl (C=O) groups excluding carboxylic acids is 1. The van der Waals surface area contributed by atoms with Crippen LogP contribution in [0.15, 0.2) is 48.5 Å². The van der Waals surface area contributed by atoms with Gasteiger partial charge in [0.1, 0.15) is 5.82 Å². The number of rotatable bonds is 2. The van der Waals surface area contributed by atoms with E-state index in [1.807, 2.05) is 43.0 Å². The molecule has 1 saturated heterocycles. The highest BCUT2D eigenvalue weighted by atomic mass is 19.1. The van der Waals surface area contributed by atoms with Crippen molar-refractivity contribution >= 4 is 5.91 Å². The first-order valence-electron chi connectivity index (χ1n) is 7.83. The summed E-state index contributed by atoms with van der Waals surface area (Å²) in [4.78, 5) is 14.6. The van der Waals surface area contributed by atoms with E-state index in [1.54, 1.807) is 12.1 Å². The summed E-state index contributed by atoms with van der Waals surface area (Å²) in [5, 5.41) is 0. The van der Waals surface area contributed by atoms with Gasteiger partial charge in [-0.15, -0.1) is 0 Å². The Labute approximate surface area is 135 Å². The van der Waals surface area contributed by atoms with Gasteiger partial charge >= 0.3 is 0 Å². The number of benzene rings is 2. The standard InChI is InChI=1S/C19H20FNO2/c1-13-11-21(12-14(2)23-13)19(22)17-5-3-4-16(10-17)15-6-8-18(20)9-7-15/h3-10,13-14H,11-12H2,1-2H3/t13-,14-/m1/s1. The van der Waals surface area contributed by atoms with Crippen LogP contribution in [0.4, 0.5) is 4.39 Å². The van der Waals surface area contributed by atoms with Gasteiger partial charge in [0.15, 0.2) is 0 Å². The topological polar surface area (TPSA) is 29.5 Å². The van der Waals surface area contributed by atoms with E-state index in [-0.39, 0.29) is 23.9 Å². The Morgan fingerprint density at radius 1 is 1.04 bits per heavy atom. The van der Waals surface area contributed by atoms with Gasteiger partial charge in [0.25, 0.3) is 5.91 Å². The third-order valence-corrected chi connectivity index (χ3v) is 3.99. The number of hydrogen-bond donors (Lipinski definition) is 0. The van der Waals surface area contributed by atoms with E-state index in [0.29, 0.717) is 18.7 Å². The minimum Gasteiger partial charge on any atom is -0.372 e. The van der Waals surface area contributed by atoms with Crippen LogP contribution in [-0.4, -0.2) is 36.1 Å². The fourth-order valence-corrected chi connectivity index (χ4v) is 3.00. The van der Waals surface area contributed by atoms with Gasteiger partial charge in [0.05, 0.1) is 12.2 Å². The van der Waals surface area contributed by atoms with E-state index in [1.165, 1.54) is 12.1 Å². The fourth-order valence-electron chi connectivity index (χ4n) is 3.00. The van der Waals surface area contributed by atoms with Crippen molar-refractivity contribution in [2.24, 2.45) is 0 Å². The molecule has 0 bridgehead atoms. The number of morpholine rings is 1. The van der Waals surface area contributed by atoms with Crippen molar-refractivity contribution in [3.05, 3.63) is 59.9 Å². The van der Waals surface area contributed by atoms with Crippen LogP contribution >= 0.6 is 0 Å². The molecular weight excluding hydrogens is 293 g/mol. The Morgan fingerprint density at radius 3 is 2.35 bits per heavy atom. The van der Waals surface area contributed by atoms with Gasteiger partial charge in [-0.05, 0) is 49.2 Å². The van der Waals surface area contributed by atoms with Crippen molar-refractivity contribution < 1.29 is 13.9 Å². The second-order valence-electron chi connectivity index (χ2n) is 6.06. The molecule has 1 aliphatic rings. The number of amides is 1. The van der Waals surface area contributed by atoms with Gasteiger partial charge in [-0.1, -0.05) is 24.3 Å². The summed E-state index contributed by atoms with van der Waals surface area (Å²) < 4.78 is 18.7. The summed E-state index contributed by atoms with van der Waals surface area (Å²) in [7, 11) is 0. The Bertz CT molecular complexity index is 689. The molecule has 3 rings (SSSR count). The average Bonchev–Trinajstić information content (AvgIpc) is 2.54. The van der Waals surface area contributed by atoms with Gasteiger partial charge in [-0.3, -0.25) is 4.79 Å². The molecule has 1 fully saturated rings. The van der Waals surface area contributed by atoms with Crippen LogP contribution in [0.3, 0.4) is 0 Å². The number of hydrogen-bond acceptors (Lipinski definition) is 2. The second kappa shape index (κ2) is 6.50. The molecule has 0 radical (unpaired) electrons. The van der Waals surface area contributed by atoms with Crippen LogP contribution in [0, 0.1) is 5.82 Å². The highest BCUT2D eigenvalue weighted by Crippen LogP contribution is 2.22. The molecule has 0 N–H and O–H groups in total. The van der Waals surface area contributed by atoms with Crippen LogP contribution in [0.1, 0.15) is 24.2 Å². The molecule has 0 unspecified atom stereocenters. The van der Waals surface area contributed by atoms with Crippen LogP contribution in [0.5, 0.6) is 0 Å². The molecule has 1 amide bonds. The zero-order chi connectivity index (χ0) is 16.4. The fraction of sp³-hybridized carbons (Fsp3) is 0.316. The van der Waals surface area contributed by atoms with Crippen LogP contribution in [-0.2, 0) is 4.74 Å². The second-order valence-corrected chi connectivity index (χ2v) is 6.06. The van der Waals surface area contributed by atoms with Crippen LogP contribution in [0.25, 0.3) is 11.1 Å². The highest BCUT2D eigenvalue weighted by Gasteiger charge is 2.26. The molecule has 120 valence electrons. The Hall–Kier alpha value is -2.20. The van der Waals surface area contributed by atoms with Crippen LogP contribution < -0.4 is 0 Å². The molecule has 0 spiro atoms. The zero-order valence-corrected chi connectivity index (χ0v) is 13.3. The Kier molecular flexibility index (Phi) is 4.44. The molecule has 1 aliphatic heterocycles.